The lowest BCUT2D eigenvalue weighted by Gasteiger charge is -2.19. The Labute approximate surface area is 154 Å². The van der Waals surface area contributed by atoms with Gasteiger partial charge in [0.2, 0.25) is 5.88 Å². The van der Waals surface area contributed by atoms with Crippen molar-refractivity contribution in [2.24, 2.45) is 0 Å². The molecule has 0 radical (unpaired) electrons. The number of rotatable bonds is 5. The number of ether oxygens (including phenoxy) is 1. The number of nitrogens with zero attached hydrogens (tertiary/aromatic N) is 1. The SMILES string of the molecule is c1ccc(P(c2ccccc2)c2cccc(Oc3ccccn3)c2)cc1. The molecule has 0 aliphatic heterocycles. The standard InChI is InChI=1S/C23H18NOP/c1-3-11-20(12-4-1)26(21-13-5-2-6-14-21)22-15-9-10-19(18-22)25-23-16-7-8-17-24-23/h1-18H. The highest BCUT2D eigenvalue weighted by Gasteiger charge is 2.16. The Bertz CT molecular complexity index is 919. The van der Waals surface area contributed by atoms with E-state index in [1.54, 1.807) is 6.20 Å². The molecule has 0 saturated carbocycles. The molecule has 4 rings (SSSR count). The quantitative estimate of drug-likeness (QED) is 0.487. The van der Waals surface area contributed by atoms with E-state index in [0.717, 1.165) is 5.75 Å². The van der Waals surface area contributed by atoms with E-state index < -0.39 is 7.92 Å². The molecule has 0 saturated heterocycles. The van der Waals surface area contributed by atoms with Gasteiger partial charge in [-0.2, -0.15) is 0 Å². The summed E-state index contributed by atoms with van der Waals surface area (Å²) in [7, 11) is -0.637. The highest BCUT2D eigenvalue weighted by atomic mass is 31.1. The van der Waals surface area contributed by atoms with Crippen molar-refractivity contribution in [2.45, 2.75) is 0 Å². The summed E-state index contributed by atoms with van der Waals surface area (Å²) < 4.78 is 5.94. The molecule has 0 aliphatic rings. The van der Waals surface area contributed by atoms with E-state index in [1.165, 1.54) is 15.9 Å². The number of pyridine rings is 1. The number of hydrogen-bond donors (Lipinski definition) is 0. The maximum absolute atomic E-state index is 5.94. The van der Waals surface area contributed by atoms with E-state index in [1.807, 2.05) is 24.3 Å². The zero-order valence-corrected chi connectivity index (χ0v) is 15.1. The van der Waals surface area contributed by atoms with Crippen molar-refractivity contribution in [2.75, 3.05) is 0 Å². The fraction of sp³-hybridized carbons (Fsp3) is 0. The molecule has 0 amide bonds. The van der Waals surface area contributed by atoms with Gasteiger partial charge < -0.3 is 4.74 Å². The molecule has 1 heterocycles. The predicted octanol–water partition coefficient (Wildman–Crippen LogP) is 4.63. The van der Waals surface area contributed by atoms with Crippen LogP contribution >= 0.6 is 7.92 Å². The minimum Gasteiger partial charge on any atom is -0.439 e. The van der Waals surface area contributed by atoms with Crippen molar-refractivity contribution in [3.05, 3.63) is 109 Å². The lowest BCUT2D eigenvalue weighted by molar-refractivity contribution is 0.463. The van der Waals surface area contributed by atoms with Gasteiger partial charge in [-0.05, 0) is 42.0 Å². The Morgan fingerprint density at radius 2 is 1.19 bits per heavy atom. The van der Waals surface area contributed by atoms with Gasteiger partial charge in [-0.1, -0.05) is 78.9 Å². The second kappa shape index (κ2) is 7.95. The van der Waals surface area contributed by atoms with E-state index in [4.69, 9.17) is 4.74 Å². The van der Waals surface area contributed by atoms with Crippen molar-refractivity contribution in [1.82, 2.24) is 4.98 Å². The van der Waals surface area contributed by atoms with Crippen molar-refractivity contribution in [3.63, 3.8) is 0 Å². The molecule has 0 atom stereocenters. The summed E-state index contributed by atoms with van der Waals surface area (Å²) in [6, 6.07) is 35.3. The molecule has 3 aromatic carbocycles. The smallest absolute Gasteiger partial charge is 0.219 e. The van der Waals surface area contributed by atoms with Gasteiger partial charge in [0, 0.05) is 12.3 Å². The van der Waals surface area contributed by atoms with Gasteiger partial charge in [0.1, 0.15) is 5.75 Å². The highest BCUT2D eigenvalue weighted by molar-refractivity contribution is 7.79. The number of aromatic nitrogens is 1. The van der Waals surface area contributed by atoms with E-state index in [0.29, 0.717) is 5.88 Å². The third kappa shape index (κ3) is 3.82. The third-order valence-electron chi connectivity index (χ3n) is 3.96. The van der Waals surface area contributed by atoms with Gasteiger partial charge in [0.15, 0.2) is 0 Å². The fourth-order valence-corrected chi connectivity index (χ4v) is 5.14. The first-order chi connectivity index (χ1) is 12.9. The van der Waals surface area contributed by atoms with Gasteiger partial charge in [-0.3, -0.25) is 0 Å². The second-order valence-corrected chi connectivity index (χ2v) is 7.99. The lowest BCUT2D eigenvalue weighted by Crippen LogP contribution is -2.20. The molecule has 0 bridgehead atoms. The Hall–Kier alpha value is -2.96. The predicted molar refractivity (Wildman–Crippen MR) is 109 cm³/mol. The molecular weight excluding hydrogens is 337 g/mol. The zero-order valence-electron chi connectivity index (χ0n) is 14.2. The largest absolute Gasteiger partial charge is 0.439 e. The molecule has 126 valence electrons. The van der Waals surface area contributed by atoms with Gasteiger partial charge >= 0.3 is 0 Å². The number of hydrogen-bond acceptors (Lipinski definition) is 2. The second-order valence-electron chi connectivity index (χ2n) is 5.77. The Morgan fingerprint density at radius 1 is 0.577 bits per heavy atom. The monoisotopic (exact) mass is 355 g/mol. The third-order valence-corrected chi connectivity index (χ3v) is 6.39. The van der Waals surface area contributed by atoms with E-state index >= 15 is 0 Å². The van der Waals surface area contributed by atoms with Crippen LogP contribution in [0.4, 0.5) is 0 Å². The summed E-state index contributed by atoms with van der Waals surface area (Å²) >= 11 is 0. The summed E-state index contributed by atoms with van der Waals surface area (Å²) in [5, 5.41) is 3.90. The van der Waals surface area contributed by atoms with Crippen molar-refractivity contribution in [1.29, 1.82) is 0 Å². The van der Waals surface area contributed by atoms with Crippen LogP contribution in [-0.2, 0) is 0 Å². The van der Waals surface area contributed by atoms with Crippen LogP contribution in [0, 0.1) is 0 Å². The molecule has 1 aromatic heterocycles. The van der Waals surface area contributed by atoms with Gasteiger partial charge in [0.25, 0.3) is 0 Å². The topological polar surface area (TPSA) is 22.1 Å². The van der Waals surface area contributed by atoms with Crippen molar-refractivity contribution >= 4 is 23.8 Å². The maximum atomic E-state index is 5.94. The lowest BCUT2D eigenvalue weighted by atomic mass is 10.3. The van der Waals surface area contributed by atoms with Crippen LogP contribution in [0.3, 0.4) is 0 Å². The molecule has 0 fully saturated rings. The minimum atomic E-state index is -0.637. The Morgan fingerprint density at radius 3 is 1.81 bits per heavy atom. The van der Waals surface area contributed by atoms with Crippen LogP contribution in [-0.4, -0.2) is 4.98 Å². The summed E-state index contributed by atoms with van der Waals surface area (Å²) in [4.78, 5) is 4.25. The summed E-state index contributed by atoms with van der Waals surface area (Å²) in [6.45, 7) is 0. The van der Waals surface area contributed by atoms with Crippen molar-refractivity contribution < 1.29 is 4.74 Å². The van der Waals surface area contributed by atoms with Gasteiger partial charge in [0.05, 0.1) is 0 Å². The minimum absolute atomic E-state index is 0.605. The van der Waals surface area contributed by atoms with Crippen molar-refractivity contribution in [3.8, 4) is 11.6 Å². The van der Waals surface area contributed by atoms with Crippen LogP contribution < -0.4 is 20.7 Å². The highest BCUT2D eigenvalue weighted by Crippen LogP contribution is 2.34. The van der Waals surface area contributed by atoms with Gasteiger partial charge in [-0.25, -0.2) is 4.98 Å². The van der Waals surface area contributed by atoms with E-state index in [9.17, 15) is 0 Å². The zero-order chi connectivity index (χ0) is 17.6. The molecule has 26 heavy (non-hydrogen) atoms. The molecule has 0 N–H and O–H groups in total. The first-order valence-electron chi connectivity index (χ1n) is 8.49. The first kappa shape index (κ1) is 16.5. The molecule has 3 heteroatoms. The van der Waals surface area contributed by atoms with Crippen LogP contribution in [0.5, 0.6) is 11.6 Å². The van der Waals surface area contributed by atoms with Crippen LogP contribution in [0.25, 0.3) is 0 Å². The van der Waals surface area contributed by atoms with Crippen LogP contribution in [0.15, 0.2) is 109 Å². The molecule has 2 nitrogen and oxygen atoms in total. The van der Waals surface area contributed by atoms with Crippen LogP contribution in [0.2, 0.25) is 0 Å². The van der Waals surface area contributed by atoms with Crippen LogP contribution in [0.1, 0.15) is 0 Å². The Balaban J connectivity index is 1.73. The average Bonchev–Trinajstić information content (AvgIpc) is 2.71. The molecule has 0 unspecified atom stereocenters. The number of benzene rings is 3. The molecule has 0 spiro atoms. The molecule has 4 aromatic rings. The maximum Gasteiger partial charge on any atom is 0.219 e. The summed E-state index contributed by atoms with van der Waals surface area (Å²) in [5.41, 5.74) is 0. The average molecular weight is 355 g/mol. The molecular formula is C23H18NOP. The fourth-order valence-electron chi connectivity index (χ4n) is 2.82. The summed E-state index contributed by atoms with van der Waals surface area (Å²) in [6.07, 6.45) is 1.74. The molecule has 0 aliphatic carbocycles. The van der Waals surface area contributed by atoms with Gasteiger partial charge in [-0.15, -0.1) is 0 Å². The Kier molecular flexibility index (Phi) is 5.04. The van der Waals surface area contributed by atoms with E-state index in [-0.39, 0.29) is 0 Å². The first-order valence-corrected chi connectivity index (χ1v) is 9.83. The van der Waals surface area contributed by atoms with E-state index in [2.05, 4.69) is 83.8 Å². The normalized spacial score (nSPS) is 10.7. The summed E-state index contributed by atoms with van der Waals surface area (Å²) in [5.74, 6) is 1.41.